The highest BCUT2D eigenvalue weighted by Crippen LogP contribution is 2.58. The van der Waals surface area contributed by atoms with Crippen LogP contribution in [0.5, 0.6) is 0 Å². The molecular formula is C91H89N. The van der Waals surface area contributed by atoms with Crippen LogP contribution in [0.1, 0.15) is 208 Å². The fraction of sp³-hybridized carbons (Fsp3) is 0.308. The first-order valence-corrected chi connectivity index (χ1v) is 35.4. The van der Waals surface area contributed by atoms with Gasteiger partial charge in [0.15, 0.2) is 0 Å². The smallest absolute Gasteiger partial charge is 0.0780 e. The minimum absolute atomic E-state index is 0.0689. The summed E-state index contributed by atoms with van der Waals surface area (Å²) in [5, 5.41) is 2.63. The third-order valence-electron chi connectivity index (χ3n) is 23.6. The molecule has 0 spiro atoms. The van der Waals surface area contributed by atoms with Crippen molar-refractivity contribution in [3.05, 3.63) is 256 Å². The molecule has 0 radical (unpaired) electrons. The van der Waals surface area contributed by atoms with Gasteiger partial charge in [-0.2, -0.15) is 0 Å². The van der Waals surface area contributed by atoms with E-state index < -0.39 is 0 Å². The van der Waals surface area contributed by atoms with E-state index in [-0.39, 0.29) is 21.7 Å². The minimum atomic E-state index is -0.176. The molecular weight excluding hydrogens is 1110 g/mol. The second-order valence-electron chi connectivity index (χ2n) is 30.0. The molecule has 0 aliphatic heterocycles. The van der Waals surface area contributed by atoms with Gasteiger partial charge in [-0.25, -0.2) is 0 Å². The third-order valence-corrected chi connectivity index (χ3v) is 23.6. The zero-order chi connectivity index (χ0) is 62.7. The number of aromatic nitrogens is 1. The van der Waals surface area contributed by atoms with E-state index in [1.807, 2.05) is 0 Å². The molecule has 0 amide bonds. The number of unbranched alkanes of at least 4 members (excludes halogenated alkanes) is 6. The Kier molecular flexibility index (Phi) is 14.5. The maximum atomic E-state index is 5.23. The third kappa shape index (κ3) is 9.39. The van der Waals surface area contributed by atoms with Gasteiger partial charge >= 0.3 is 0 Å². The monoisotopic (exact) mass is 1200 g/mol. The van der Waals surface area contributed by atoms with Gasteiger partial charge < -0.3 is 0 Å². The first-order valence-electron chi connectivity index (χ1n) is 35.4. The quantitative estimate of drug-likeness (QED) is 0.0879. The van der Waals surface area contributed by atoms with Gasteiger partial charge in [-0.1, -0.05) is 278 Å². The maximum absolute atomic E-state index is 5.23. The number of rotatable bonds is 16. The Hall–Kier alpha value is -8.39. The molecule has 0 N–H and O–H groups in total. The first kappa shape index (κ1) is 58.7. The molecule has 5 aliphatic rings. The minimum Gasteiger partial charge on any atom is -0.255 e. The Morgan fingerprint density at radius 2 is 0.674 bits per heavy atom. The van der Waals surface area contributed by atoms with E-state index in [1.165, 1.54) is 241 Å². The lowest BCUT2D eigenvalue weighted by Crippen LogP contribution is -2.25. The first-order chi connectivity index (χ1) is 44.8. The summed E-state index contributed by atoms with van der Waals surface area (Å²) < 4.78 is 0. The number of benzene rings is 10. The van der Waals surface area contributed by atoms with Gasteiger partial charge in [-0.3, -0.25) is 4.98 Å². The second-order valence-corrected chi connectivity index (χ2v) is 30.0. The Balaban J connectivity index is 0.655. The highest BCUT2D eigenvalue weighted by molar-refractivity contribution is 5.98. The molecule has 11 aromatic rings. The zero-order valence-electron chi connectivity index (χ0n) is 55.8. The summed E-state index contributed by atoms with van der Waals surface area (Å²) >= 11 is 0. The SMILES string of the molecule is CCCCCCC1(CCCCCC)c2ccccc2-c2ccc(-c3ccc4c(c3)C(C)(C)c3cc(-c5ccc6c(c5)C(C)(C)c5cc(-c7ccc8c(c7)C(C)(C)c7cc(-c9cccc(-c%10ncc(C%11CCCCC%11)c%11ccccc%10%11)c9)ccc7-8)ccc5-6)ccc3-4)cc21. The van der Waals surface area contributed by atoms with Crippen LogP contribution < -0.4 is 0 Å². The maximum Gasteiger partial charge on any atom is 0.0780 e. The number of hydrogen-bond acceptors (Lipinski definition) is 1. The van der Waals surface area contributed by atoms with E-state index in [0.717, 1.165) is 5.69 Å². The molecule has 0 unspecified atom stereocenters. The summed E-state index contributed by atoms with van der Waals surface area (Å²) in [6.07, 6.45) is 21.6. The van der Waals surface area contributed by atoms with Crippen LogP contribution in [-0.4, -0.2) is 4.98 Å². The Bertz CT molecular complexity index is 4730. The summed E-state index contributed by atoms with van der Waals surface area (Å²) in [4.78, 5) is 5.23. The van der Waals surface area contributed by atoms with Crippen molar-refractivity contribution in [2.75, 3.05) is 0 Å². The van der Waals surface area contributed by atoms with Gasteiger partial charge in [0.2, 0.25) is 0 Å². The fourth-order valence-electron chi connectivity index (χ4n) is 18.3. The Labute approximate surface area is 548 Å². The van der Waals surface area contributed by atoms with E-state index in [4.69, 9.17) is 4.98 Å². The predicted octanol–water partition coefficient (Wildman–Crippen LogP) is 25.7. The molecule has 1 fully saturated rings. The van der Waals surface area contributed by atoms with Gasteiger partial charge in [-0.15, -0.1) is 0 Å². The zero-order valence-corrected chi connectivity index (χ0v) is 55.8. The number of pyridine rings is 1. The average molecular weight is 1200 g/mol. The molecule has 0 saturated heterocycles. The largest absolute Gasteiger partial charge is 0.255 e. The van der Waals surface area contributed by atoms with E-state index in [9.17, 15) is 0 Å². The highest BCUT2D eigenvalue weighted by atomic mass is 14.7. The molecule has 1 heteroatoms. The van der Waals surface area contributed by atoms with Crippen molar-refractivity contribution in [2.24, 2.45) is 0 Å². The van der Waals surface area contributed by atoms with Crippen molar-refractivity contribution in [3.63, 3.8) is 0 Å². The number of fused-ring (bicyclic) bond motifs is 13. The van der Waals surface area contributed by atoms with Crippen molar-refractivity contribution in [3.8, 4) is 100 Å². The fourth-order valence-corrected chi connectivity index (χ4v) is 18.3. The lowest BCUT2D eigenvalue weighted by molar-refractivity contribution is 0.401. The predicted molar refractivity (Wildman–Crippen MR) is 391 cm³/mol. The molecule has 0 atom stereocenters. The van der Waals surface area contributed by atoms with Crippen LogP contribution in [0.25, 0.3) is 111 Å². The average Bonchev–Trinajstić information content (AvgIpc) is 1.58. The van der Waals surface area contributed by atoms with Crippen LogP contribution in [0.3, 0.4) is 0 Å². The molecule has 1 saturated carbocycles. The lowest BCUT2D eigenvalue weighted by atomic mass is 9.70. The molecule has 16 rings (SSSR count). The summed E-state index contributed by atoms with van der Waals surface area (Å²) in [5.74, 6) is 0.607. The van der Waals surface area contributed by atoms with Crippen molar-refractivity contribution in [2.45, 2.75) is 179 Å². The van der Waals surface area contributed by atoms with Gasteiger partial charge in [0.25, 0.3) is 0 Å². The van der Waals surface area contributed by atoms with Gasteiger partial charge in [0.05, 0.1) is 5.69 Å². The van der Waals surface area contributed by atoms with Crippen LogP contribution in [0.15, 0.2) is 206 Å². The van der Waals surface area contributed by atoms with Crippen molar-refractivity contribution < 1.29 is 0 Å². The molecule has 5 aliphatic carbocycles. The topological polar surface area (TPSA) is 12.9 Å². The van der Waals surface area contributed by atoms with Crippen LogP contribution in [-0.2, 0) is 21.7 Å². The van der Waals surface area contributed by atoms with E-state index in [2.05, 4.69) is 262 Å². The number of hydrogen-bond donors (Lipinski definition) is 0. The van der Waals surface area contributed by atoms with Crippen LogP contribution in [0, 0.1) is 0 Å². The highest BCUT2D eigenvalue weighted by Gasteiger charge is 2.44. The standard InChI is InChI=1S/C91H89N/c1-9-11-13-22-47-91(48-23-14-12-10-2)79-32-21-20-30-69(79)76-46-39-66(56-86(76)91)65-38-45-75-74-44-37-64(54-84(74)90(7,8)85(75)55-65)63-36-43-73-72-42-35-62(52-82(72)89(5,6)83(73)53-63)61-34-41-71-70-40-33-60(50-80(70)88(3,4)81(71)51-61)59-27-24-28-67(49-59)87-77-31-19-18-29-68(77)78(57-92-87)58-25-16-15-17-26-58/h18-21,24,27-46,49-58H,9-17,22-23,25-26,47-48H2,1-8H3. The molecule has 1 aromatic heterocycles. The summed E-state index contributed by atoms with van der Waals surface area (Å²) in [6.45, 7) is 19.3. The van der Waals surface area contributed by atoms with Crippen molar-refractivity contribution >= 4 is 10.8 Å². The van der Waals surface area contributed by atoms with Gasteiger partial charge in [0, 0.05) is 38.8 Å². The summed E-state index contributed by atoms with van der Waals surface area (Å²) in [6, 6.07) is 78.7. The molecule has 458 valence electrons. The Morgan fingerprint density at radius 3 is 1.11 bits per heavy atom. The van der Waals surface area contributed by atoms with Crippen LogP contribution in [0.4, 0.5) is 0 Å². The van der Waals surface area contributed by atoms with E-state index >= 15 is 0 Å². The van der Waals surface area contributed by atoms with E-state index in [0.29, 0.717) is 5.92 Å². The van der Waals surface area contributed by atoms with E-state index in [1.54, 1.807) is 11.1 Å². The van der Waals surface area contributed by atoms with Crippen molar-refractivity contribution in [1.82, 2.24) is 4.98 Å². The van der Waals surface area contributed by atoms with Gasteiger partial charge in [0.1, 0.15) is 0 Å². The molecule has 1 heterocycles. The normalized spacial score (nSPS) is 16.3. The summed E-state index contributed by atoms with van der Waals surface area (Å²) in [7, 11) is 0. The lowest BCUT2D eigenvalue weighted by Gasteiger charge is -2.33. The second kappa shape index (κ2) is 22.7. The number of nitrogens with zero attached hydrogens (tertiary/aromatic N) is 1. The van der Waals surface area contributed by atoms with Crippen molar-refractivity contribution in [1.29, 1.82) is 0 Å². The van der Waals surface area contributed by atoms with Crippen LogP contribution in [0.2, 0.25) is 0 Å². The Morgan fingerprint density at radius 1 is 0.315 bits per heavy atom. The summed E-state index contributed by atoms with van der Waals surface area (Å²) in [5.41, 5.74) is 36.1. The molecule has 1 nitrogen and oxygen atoms in total. The molecule has 0 bridgehead atoms. The molecule has 10 aromatic carbocycles. The van der Waals surface area contributed by atoms with Crippen LogP contribution >= 0.6 is 0 Å². The molecule has 92 heavy (non-hydrogen) atoms. The van der Waals surface area contributed by atoms with Gasteiger partial charge in [-0.05, 0) is 225 Å².